The van der Waals surface area contributed by atoms with E-state index in [2.05, 4.69) is 30.5 Å². The van der Waals surface area contributed by atoms with Crippen molar-refractivity contribution in [3.63, 3.8) is 0 Å². The predicted molar refractivity (Wildman–Crippen MR) is 128 cm³/mol. The Labute approximate surface area is 191 Å². The van der Waals surface area contributed by atoms with Crippen LogP contribution in [0.25, 0.3) is 0 Å². The van der Waals surface area contributed by atoms with E-state index in [9.17, 15) is 8.42 Å². The van der Waals surface area contributed by atoms with E-state index in [0.717, 1.165) is 37.1 Å². The van der Waals surface area contributed by atoms with Crippen LogP contribution in [0.15, 0.2) is 29.3 Å². The maximum Gasteiger partial charge on any atom is 0.211 e. The van der Waals surface area contributed by atoms with Gasteiger partial charge in [0.15, 0.2) is 5.96 Å². The van der Waals surface area contributed by atoms with Crippen LogP contribution in [0.4, 0.5) is 0 Å². The van der Waals surface area contributed by atoms with Crippen molar-refractivity contribution in [2.24, 2.45) is 4.99 Å². The first kappa shape index (κ1) is 24.2. The summed E-state index contributed by atoms with van der Waals surface area (Å²) in [5.74, 6) is 1.60. The molecule has 29 heavy (non-hydrogen) atoms. The smallest absolute Gasteiger partial charge is 0.211 e. The van der Waals surface area contributed by atoms with Gasteiger partial charge in [-0.2, -0.15) is 4.31 Å². The van der Waals surface area contributed by atoms with E-state index in [-0.39, 0.29) is 41.7 Å². The number of sulfonamides is 1. The van der Waals surface area contributed by atoms with E-state index < -0.39 is 10.0 Å². The summed E-state index contributed by atoms with van der Waals surface area (Å²) in [6.07, 6.45) is 3.83. The van der Waals surface area contributed by atoms with Crippen LogP contribution in [0.3, 0.4) is 0 Å². The van der Waals surface area contributed by atoms with E-state index in [1.165, 1.54) is 6.26 Å². The van der Waals surface area contributed by atoms with Gasteiger partial charge in [-0.15, -0.1) is 24.0 Å². The summed E-state index contributed by atoms with van der Waals surface area (Å²) < 4.78 is 31.6. The molecule has 3 rings (SSSR count). The predicted octanol–water partition coefficient (Wildman–Crippen LogP) is 2.89. The number of hydrogen-bond acceptors (Lipinski definition) is 4. The van der Waals surface area contributed by atoms with Gasteiger partial charge in [-0.25, -0.2) is 8.42 Å². The topological polar surface area (TPSA) is 83.0 Å². The molecule has 1 saturated heterocycles. The Morgan fingerprint density at radius 3 is 2.76 bits per heavy atom. The molecular formula is C20H33IN4O3S. The Morgan fingerprint density at radius 1 is 1.34 bits per heavy atom. The maximum absolute atomic E-state index is 12.0. The Morgan fingerprint density at radius 2 is 2.07 bits per heavy atom. The van der Waals surface area contributed by atoms with Crippen LogP contribution in [-0.4, -0.2) is 56.2 Å². The summed E-state index contributed by atoms with van der Waals surface area (Å²) in [6, 6.07) is 8.08. The Hall–Kier alpha value is -1.07. The molecule has 9 heteroatoms. The fourth-order valence-electron chi connectivity index (χ4n) is 4.04. The molecule has 2 heterocycles. The van der Waals surface area contributed by atoms with Crippen molar-refractivity contribution in [2.45, 2.75) is 57.7 Å². The molecule has 0 aromatic heterocycles. The highest BCUT2D eigenvalue weighted by atomic mass is 127. The second kappa shape index (κ2) is 9.82. The Kier molecular flexibility index (Phi) is 8.20. The molecule has 1 aromatic rings. The fraction of sp³-hybridized carbons (Fsp3) is 0.650. The van der Waals surface area contributed by atoms with Gasteiger partial charge >= 0.3 is 0 Å². The summed E-state index contributed by atoms with van der Waals surface area (Å²) in [4.78, 5) is 4.72. The van der Waals surface area contributed by atoms with E-state index in [1.807, 2.05) is 25.1 Å². The molecule has 0 spiro atoms. The number of hydrogen-bond donors (Lipinski definition) is 2. The molecule has 0 radical (unpaired) electrons. The van der Waals surface area contributed by atoms with Crippen molar-refractivity contribution in [3.05, 3.63) is 29.8 Å². The van der Waals surface area contributed by atoms with Crippen LogP contribution in [0.5, 0.6) is 5.75 Å². The van der Waals surface area contributed by atoms with E-state index in [4.69, 9.17) is 9.73 Å². The number of rotatable bonds is 5. The summed E-state index contributed by atoms with van der Waals surface area (Å²) in [6.45, 7) is 7.98. The van der Waals surface area contributed by atoms with Crippen LogP contribution in [0.1, 0.15) is 51.6 Å². The van der Waals surface area contributed by atoms with Crippen molar-refractivity contribution in [1.29, 1.82) is 0 Å². The lowest BCUT2D eigenvalue weighted by Crippen LogP contribution is -2.46. The van der Waals surface area contributed by atoms with Gasteiger partial charge in [0.1, 0.15) is 11.4 Å². The number of aliphatic imine (C=N–C) groups is 1. The molecule has 1 unspecified atom stereocenters. The molecule has 2 N–H and O–H groups in total. The zero-order valence-electron chi connectivity index (χ0n) is 17.6. The lowest BCUT2D eigenvalue weighted by Gasteiger charge is -2.38. The van der Waals surface area contributed by atoms with Crippen molar-refractivity contribution < 1.29 is 13.2 Å². The van der Waals surface area contributed by atoms with Crippen LogP contribution in [0, 0.1) is 0 Å². The van der Waals surface area contributed by atoms with Gasteiger partial charge in [-0.05, 0) is 39.7 Å². The zero-order valence-corrected chi connectivity index (χ0v) is 20.8. The third-order valence-electron chi connectivity index (χ3n) is 5.24. The van der Waals surface area contributed by atoms with Crippen molar-refractivity contribution >= 4 is 40.0 Å². The molecule has 0 aliphatic carbocycles. The molecule has 0 amide bonds. The quantitative estimate of drug-likeness (QED) is 0.344. The number of para-hydroxylation sites is 1. The van der Waals surface area contributed by atoms with Gasteiger partial charge in [0, 0.05) is 31.1 Å². The third kappa shape index (κ3) is 6.21. The molecule has 2 aliphatic heterocycles. The maximum atomic E-state index is 12.0. The van der Waals surface area contributed by atoms with Crippen LogP contribution < -0.4 is 15.4 Å². The van der Waals surface area contributed by atoms with Gasteiger partial charge in [0.25, 0.3) is 0 Å². The minimum Gasteiger partial charge on any atom is -0.487 e. The number of ether oxygens (including phenoxy) is 1. The molecular weight excluding hydrogens is 503 g/mol. The molecule has 1 fully saturated rings. The lowest BCUT2D eigenvalue weighted by atomic mass is 9.90. The average Bonchev–Trinajstić information content (AvgIpc) is 3.08. The Balaban J connectivity index is 0.00000300. The zero-order chi connectivity index (χ0) is 20.4. The molecule has 7 nitrogen and oxygen atoms in total. The van der Waals surface area contributed by atoms with Gasteiger partial charge in [-0.1, -0.05) is 18.2 Å². The highest BCUT2D eigenvalue weighted by Crippen LogP contribution is 2.39. The van der Waals surface area contributed by atoms with Crippen LogP contribution in [0.2, 0.25) is 0 Å². The average molecular weight is 536 g/mol. The summed E-state index contributed by atoms with van der Waals surface area (Å²) in [7, 11) is -3.19. The highest BCUT2D eigenvalue weighted by molar-refractivity contribution is 14.0. The van der Waals surface area contributed by atoms with Gasteiger partial charge in [-0.3, -0.25) is 4.99 Å². The molecule has 164 valence electrons. The first-order valence-corrected chi connectivity index (χ1v) is 11.8. The van der Waals surface area contributed by atoms with Crippen molar-refractivity contribution in [3.8, 4) is 5.75 Å². The summed E-state index contributed by atoms with van der Waals surface area (Å²) in [5.41, 5.74) is 0.841. The molecule has 0 saturated carbocycles. The number of nitrogens with one attached hydrogen (secondary N) is 2. The normalized spacial score (nSPS) is 24.2. The number of halogens is 1. The van der Waals surface area contributed by atoms with Crippen LogP contribution >= 0.6 is 24.0 Å². The minimum atomic E-state index is -3.19. The number of benzene rings is 1. The second-order valence-corrected chi connectivity index (χ2v) is 10.1. The Bertz CT molecular complexity index is 829. The minimum absolute atomic E-state index is 0. The van der Waals surface area contributed by atoms with Gasteiger partial charge in [0.2, 0.25) is 10.0 Å². The lowest BCUT2D eigenvalue weighted by molar-refractivity contribution is 0.0694. The molecule has 2 atom stereocenters. The SMILES string of the molecule is CCNC(=NC[C@H]1CCCN1S(C)(=O)=O)NC1CC(C)(C)Oc2ccccc21.I. The summed E-state index contributed by atoms with van der Waals surface area (Å²) in [5, 5.41) is 6.83. The number of guanidine groups is 1. The second-order valence-electron chi connectivity index (χ2n) is 8.19. The van der Waals surface area contributed by atoms with E-state index in [1.54, 1.807) is 4.31 Å². The monoisotopic (exact) mass is 536 g/mol. The standard InChI is InChI=1S/C20H32N4O3S.HI/c1-5-21-19(22-14-15-9-8-12-24(15)28(4,25)26)23-17-13-20(2,3)27-18-11-7-6-10-16(17)18;/h6-7,10-11,15,17H,5,8-9,12-14H2,1-4H3,(H2,21,22,23);1H/t15-,17?;/m1./s1. The highest BCUT2D eigenvalue weighted by Gasteiger charge is 2.34. The van der Waals surface area contributed by atoms with Crippen molar-refractivity contribution in [1.82, 2.24) is 14.9 Å². The number of nitrogens with zero attached hydrogens (tertiary/aromatic N) is 2. The van der Waals surface area contributed by atoms with Crippen molar-refractivity contribution in [2.75, 3.05) is 25.9 Å². The first-order valence-electron chi connectivity index (χ1n) is 9.99. The third-order valence-corrected chi connectivity index (χ3v) is 6.57. The van der Waals surface area contributed by atoms with Gasteiger partial charge < -0.3 is 15.4 Å². The first-order chi connectivity index (χ1) is 13.2. The molecule has 2 aliphatic rings. The fourth-order valence-corrected chi connectivity index (χ4v) is 5.22. The largest absolute Gasteiger partial charge is 0.487 e. The molecule has 0 bridgehead atoms. The number of fused-ring (bicyclic) bond motifs is 1. The summed E-state index contributed by atoms with van der Waals surface area (Å²) >= 11 is 0. The van der Waals surface area contributed by atoms with E-state index >= 15 is 0 Å². The van der Waals surface area contributed by atoms with E-state index in [0.29, 0.717) is 19.0 Å². The molecule has 1 aromatic carbocycles. The van der Waals surface area contributed by atoms with Gasteiger partial charge in [0.05, 0.1) is 18.8 Å². The van der Waals surface area contributed by atoms with Crippen LogP contribution in [-0.2, 0) is 10.0 Å².